The van der Waals surface area contributed by atoms with Gasteiger partial charge in [-0.25, -0.2) is 0 Å². The van der Waals surface area contributed by atoms with Gasteiger partial charge in [0.05, 0.1) is 0 Å². The zero-order valence-corrected chi connectivity index (χ0v) is 7.69. The average molecular weight is 195 g/mol. The van der Waals surface area contributed by atoms with Crippen LogP contribution in [-0.4, -0.2) is 0 Å². The van der Waals surface area contributed by atoms with E-state index in [0.717, 1.165) is 0 Å². The van der Waals surface area contributed by atoms with Crippen LogP contribution in [-0.2, 0) is 0 Å². The smallest absolute Gasteiger partial charge is 0.181 e. The first-order valence-corrected chi connectivity index (χ1v) is 0.697. The Morgan fingerprint density at radius 1 is 0.750 bits per heavy atom. The van der Waals surface area contributed by atoms with E-state index in [2.05, 4.69) is 0 Å². The summed E-state index contributed by atoms with van der Waals surface area (Å²) >= 11 is 0. The van der Waals surface area contributed by atoms with Crippen molar-refractivity contribution in [3.05, 3.63) is 0 Å². The normalized spacial score (nSPS) is 1.25. The number of halogens is 3. The molecule has 0 aromatic rings. The second-order valence-electron chi connectivity index (χ2n) is 0.224. The summed E-state index contributed by atoms with van der Waals surface area (Å²) in [4.78, 5) is 0. The Balaban J connectivity index is -0.00000000750. The van der Waals surface area contributed by atoms with Crippen LogP contribution in [0.15, 0.2) is 0 Å². The molecule has 0 spiro atoms. The first-order valence-electron chi connectivity index (χ1n) is 0.697. The van der Waals surface area contributed by atoms with Crippen molar-refractivity contribution < 1.29 is 0 Å². The molecule has 6 heteroatoms. The second kappa shape index (κ2) is 55.2. The molecule has 1 unspecified atom stereocenters. The van der Waals surface area contributed by atoms with Crippen LogP contribution in [0.2, 0.25) is 0 Å². The molecule has 8 heavy (non-hydrogen) atoms. The van der Waals surface area contributed by atoms with Gasteiger partial charge in [-0.05, 0) is 0 Å². The van der Waals surface area contributed by atoms with E-state index in [1.54, 1.807) is 0 Å². The predicted molar refractivity (Wildman–Crippen MR) is 44.1 cm³/mol. The van der Waals surface area contributed by atoms with Crippen LogP contribution in [0.1, 0.15) is 0 Å². The molecule has 0 aromatic heterocycles. The van der Waals surface area contributed by atoms with E-state index in [9.17, 15) is 0 Å². The highest BCUT2D eigenvalue weighted by atomic mass is 35.5. The fraction of sp³-hybridized carbons (Fsp3) is 0. The molecular weight excluding hydrogens is 189 g/mol. The van der Waals surface area contributed by atoms with Crippen LogP contribution in [0.5, 0.6) is 0 Å². The molecule has 0 aromatic carbocycles. The Bertz CT molecular complexity index is 70.3. The maximum Gasteiger partial charge on any atom is 0.181 e. The number of nitrogens with zero attached hydrogens (tertiary/aromatic N) is 2. The third kappa shape index (κ3) is 107. The molecule has 0 saturated carbocycles. The SMILES string of the molecule is Cl.Cl.Cl.N#CC#N.P. The summed E-state index contributed by atoms with van der Waals surface area (Å²) < 4.78 is 0. The van der Waals surface area contributed by atoms with Gasteiger partial charge in [-0.1, -0.05) is 0 Å². The number of rotatable bonds is 0. The van der Waals surface area contributed by atoms with Crippen LogP contribution < -0.4 is 0 Å². The molecule has 2 nitrogen and oxygen atoms in total. The summed E-state index contributed by atoms with van der Waals surface area (Å²) in [6, 6.07) is 2.47. The van der Waals surface area contributed by atoms with Gasteiger partial charge in [-0.3, -0.25) is 0 Å². The maximum absolute atomic E-state index is 7.26. The molecule has 0 bridgehead atoms. The van der Waals surface area contributed by atoms with Gasteiger partial charge < -0.3 is 0 Å². The van der Waals surface area contributed by atoms with E-state index in [1.807, 2.05) is 0 Å². The fourth-order valence-electron chi connectivity index (χ4n) is 0. The van der Waals surface area contributed by atoms with E-state index in [1.165, 1.54) is 12.1 Å². The Morgan fingerprint density at radius 2 is 0.875 bits per heavy atom. The van der Waals surface area contributed by atoms with Gasteiger partial charge in [0.15, 0.2) is 12.1 Å². The summed E-state index contributed by atoms with van der Waals surface area (Å²) in [6.45, 7) is 0. The lowest BCUT2D eigenvalue weighted by Crippen LogP contribution is -1.26. The minimum atomic E-state index is 0. The molecule has 50 valence electrons. The zero-order chi connectivity index (χ0) is 3.41. The summed E-state index contributed by atoms with van der Waals surface area (Å²) in [6.07, 6.45) is 0. The van der Waals surface area contributed by atoms with Crippen molar-refractivity contribution in [1.82, 2.24) is 0 Å². The highest BCUT2D eigenvalue weighted by molar-refractivity contribution is 6.92. The van der Waals surface area contributed by atoms with E-state index in [-0.39, 0.29) is 47.1 Å². The quantitative estimate of drug-likeness (QED) is 0.548. The maximum atomic E-state index is 7.26. The largest absolute Gasteiger partial charge is 0.181 e. The summed E-state index contributed by atoms with van der Waals surface area (Å²) in [7, 11) is 0. The van der Waals surface area contributed by atoms with Crippen molar-refractivity contribution in [3.8, 4) is 12.1 Å². The van der Waals surface area contributed by atoms with Gasteiger partial charge in [0, 0.05) is 0 Å². The summed E-state index contributed by atoms with van der Waals surface area (Å²) in [5.41, 5.74) is 0. The van der Waals surface area contributed by atoms with E-state index < -0.39 is 0 Å². The molecule has 1 atom stereocenters. The Morgan fingerprint density at radius 3 is 0.875 bits per heavy atom. The third-order valence-electron chi connectivity index (χ3n) is 0.0500. The van der Waals surface area contributed by atoms with Gasteiger partial charge in [0.25, 0.3) is 0 Å². The molecule has 0 radical (unpaired) electrons. The zero-order valence-electron chi connectivity index (χ0n) is 3.83. The van der Waals surface area contributed by atoms with Crippen LogP contribution in [0.25, 0.3) is 0 Å². The lowest BCUT2D eigenvalue weighted by Gasteiger charge is -1.16. The van der Waals surface area contributed by atoms with Crippen molar-refractivity contribution in [3.63, 3.8) is 0 Å². The average Bonchev–Trinajstić information content (AvgIpc) is 1.37. The predicted octanol–water partition coefficient (Wildman–Crippen LogP) is 1.36. The second-order valence-corrected chi connectivity index (χ2v) is 0.224. The van der Waals surface area contributed by atoms with Gasteiger partial charge >= 0.3 is 0 Å². The molecule has 0 rings (SSSR count). The van der Waals surface area contributed by atoms with Crippen LogP contribution >= 0.6 is 47.1 Å². The molecule has 0 heterocycles. The first kappa shape index (κ1) is 40.8. The standard InChI is InChI=1S/C2N2.3ClH.H3P/c3-1-2-4;;;;/h;3*1H;1H3. The summed E-state index contributed by atoms with van der Waals surface area (Å²) in [5.74, 6) is 0. The molecular formula is C2H6Cl3N2P. The van der Waals surface area contributed by atoms with Crippen molar-refractivity contribution in [1.29, 1.82) is 10.5 Å². The molecule has 0 aliphatic carbocycles. The van der Waals surface area contributed by atoms with E-state index in [0.29, 0.717) is 0 Å². The molecule has 0 amide bonds. The lowest BCUT2D eigenvalue weighted by molar-refractivity contribution is 1.49. The molecule has 0 aliphatic heterocycles. The van der Waals surface area contributed by atoms with Crippen LogP contribution in [0.4, 0.5) is 0 Å². The van der Waals surface area contributed by atoms with Gasteiger partial charge in [0.1, 0.15) is 0 Å². The highest BCUT2D eigenvalue weighted by Gasteiger charge is 1.39. The number of hydrogen-bond donors (Lipinski definition) is 0. The fourth-order valence-corrected chi connectivity index (χ4v) is 0. The van der Waals surface area contributed by atoms with Gasteiger partial charge in [-0.15, -0.1) is 37.2 Å². The number of hydrogen-bond acceptors (Lipinski definition) is 2. The molecule has 0 saturated heterocycles. The Kier molecular flexibility index (Phi) is 282. The topological polar surface area (TPSA) is 47.6 Å². The van der Waals surface area contributed by atoms with E-state index >= 15 is 0 Å². The monoisotopic (exact) mass is 194 g/mol. The van der Waals surface area contributed by atoms with Gasteiger partial charge in [-0.2, -0.15) is 20.4 Å². The van der Waals surface area contributed by atoms with Crippen molar-refractivity contribution >= 4 is 47.1 Å². The molecule has 0 N–H and O–H groups in total. The van der Waals surface area contributed by atoms with Gasteiger partial charge in [0.2, 0.25) is 0 Å². The Hall–Kier alpha value is 0.280. The van der Waals surface area contributed by atoms with Crippen LogP contribution in [0, 0.1) is 22.7 Å². The number of nitriles is 2. The van der Waals surface area contributed by atoms with Crippen molar-refractivity contribution in [2.45, 2.75) is 0 Å². The van der Waals surface area contributed by atoms with Crippen LogP contribution in [0.3, 0.4) is 0 Å². The third-order valence-corrected chi connectivity index (χ3v) is 0.0500. The minimum absolute atomic E-state index is 0. The lowest BCUT2D eigenvalue weighted by atomic mass is 10.9. The van der Waals surface area contributed by atoms with Crippen molar-refractivity contribution in [2.24, 2.45) is 0 Å². The molecule has 0 aliphatic rings. The Labute approximate surface area is 70.1 Å². The highest BCUT2D eigenvalue weighted by Crippen LogP contribution is 1.27. The first-order chi connectivity index (χ1) is 1.91. The molecule has 0 fully saturated rings. The van der Waals surface area contributed by atoms with Crippen molar-refractivity contribution in [2.75, 3.05) is 0 Å². The van der Waals surface area contributed by atoms with E-state index in [4.69, 9.17) is 10.5 Å². The summed E-state index contributed by atoms with van der Waals surface area (Å²) in [5, 5.41) is 14.5. The minimum Gasteiger partial charge on any atom is -0.181 e.